The molecule has 3 rings (SSSR count). The number of nitrogens with one attached hydrogen (secondary N) is 1. The fourth-order valence-electron chi connectivity index (χ4n) is 3.35. The minimum atomic E-state index is -0.104. The van der Waals surface area contributed by atoms with Crippen LogP contribution < -0.4 is 5.32 Å². The molecule has 2 atom stereocenters. The molecule has 25 heavy (non-hydrogen) atoms. The molecule has 6 nitrogen and oxygen atoms in total. The molecule has 0 aliphatic carbocycles. The van der Waals surface area contributed by atoms with Crippen LogP contribution in [0.2, 0.25) is 0 Å². The summed E-state index contributed by atoms with van der Waals surface area (Å²) in [6.07, 6.45) is 3.96. The smallest absolute Gasteiger partial charge is 0.317 e. The number of rotatable bonds is 4. The first-order chi connectivity index (χ1) is 12.1. The number of piperidine rings is 1. The van der Waals surface area contributed by atoms with E-state index >= 15 is 0 Å². The fraction of sp³-hybridized carbons (Fsp3) is 0.474. The van der Waals surface area contributed by atoms with Crippen LogP contribution in [-0.4, -0.2) is 47.0 Å². The maximum atomic E-state index is 12.6. The van der Waals surface area contributed by atoms with Gasteiger partial charge in [0, 0.05) is 31.5 Å². The molecule has 1 fully saturated rings. The van der Waals surface area contributed by atoms with Gasteiger partial charge in [-0.1, -0.05) is 18.2 Å². The van der Waals surface area contributed by atoms with E-state index in [4.69, 9.17) is 4.74 Å². The Bertz CT molecular complexity index is 713. The number of amides is 2. The van der Waals surface area contributed by atoms with Crippen LogP contribution in [0.1, 0.15) is 37.1 Å². The molecule has 6 heteroatoms. The summed E-state index contributed by atoms with van der Waals surface area (Å²) in [5.74, 6) is 0. The highest BCUT2D eigenvalue weighted by Gasteiger charge is 2.25. The summed E-state index contributed by atoms with van der Waals surface area (Å²) < 4.78 is 7.30. The normalized spacial score (nSPS) is 18.8. The largest absolute Gasteiger partial charge is 0.380 e. The average molecular weight is 342 g/mol. The number of aromatic nitrogens is 2. The fourth-order valence-corrected chi connectivity index (χ4v) is 3.35. The Kier molecular flexibility index (Phi) is 5.38. The molecule has 1 aromatic heterocycles. The van der Waals surface area contributed by atoms with Crippen LogP contribution in [0.25, 0.3) is 5.69 Å². The molecule has 2 amide bonds. The minimum Gasteiger partial charge on any atom is -0.380 e. The molecule has 0 radical (unpaired) electrons. The molecule has 1 aromatic carbocycles. The Morgan fingerprint density at radius 1 is 1.36 bits per heavy atom. The van der Waals surface area contributed by atoms with Gasteiger partial charge in [-0.2, -0.15) is 5.10 Å². The lowest BCUT2D eigenvalue weighted by atomic mass is 10.1. The van der Waals surface area contributed by atoms with E-state index in [1.165, 1.54) is 0 Å². The van der Waals surface area contributed by atoms with Gasteiger partial charge in [-0.05, 0) is 38.8 Å². The number of ether oxygens (including phenoxy) is 1. The third-order valence-corrected chi connectivity index (χ3v) is 4.85. The van der Waals surface area contributed by atoms with Crippen LogP contribution in [0, 0.1) is 6.92 Å². The van der Waals surface area contributed by atoms with Crippen LogP contribution in [0.3, 0.4) is 0 Å². The van der Waals surface area contributed by atoms with Crippen LogP contribution >= 0.6 is 0 Å². The highest BCUT2D eigenvalue weighted by Crippen LogP contribution is 2.21. The maximum absolute atomic E-state index is 12.6. The van der Waals surface area contributed by atoms with E-state index in [0.717, 1.165) is 36.3 Å². The number of likely N-dealkylation sites (tertiary alicyclic amines) is 1. The van der Waals surface area contributed by atoms with Gasteiger partial charge in [0.05, 0.1) is 24.0 Å². The topological polar surface area (TPSA) is 59.4 Å². The summed E-state index contributed by atoms with van der Waals surface area (Å²) in [4.78, 5) is 14.4. The van der Waals surface area contributed by atoms with Crippen molar-refractivity contribution < 1.29 is 9.53 Å². The van der Waals surface area contributed by atoms with E-state index in [0.29, 0.717) is 6.54 Å². The molecule has 1 saturated heterocycles. The Hall–Kier alpha value is -2.34. The van der Waals surface area contributed by atoms with E-state index in [2.05, 4.69) is 10.4 Å². The Labute approximate surface area is 148 Å². The summed E-state index contributed by atoms with van der Waals surface area (Å²) in [6, 6.07) is 9.86. The molecule has 0 spiro atoms. The zero-order valence-electron chi connectivity index (χ0n) is 15.1. The number of methoxy groups -OCH3 is 1. The number of hydrogen-bond acceptors (Lipinski definition) is 3. The SMILES string of the molecule is CO[C@H]1CCCN(C(=O)N[C@@H](C)c2cnn(-c3ccccc3)c2C)C1. The van der Waals surface area contributed by atoms with E-state index in [-0.39, 0.29) is 18.2 Å². The quantitative estimate of drug-likeness (QED) is 0.929. The van der Waals surface area contributed by atoms with Crippen molar-refractivity contribution >= 4 is 6.03 Å². The van der Waals surface area contributed by atoms with Crippen LogP contribution in [0.15, 0.2) is 36.5 Å². The monoisotopic (exact) mass is 342 g/mol. The molecule has 1 N–H and O–H groups in total. The highest BCUT2D eigenvalue weighted by molar-refractivity contribution is 5.74. The Balaban J connectivity index is 1.68. The van der Waals surface area contributed by atoms with Gasteiger partial charge in [0.2, 0.25) is 0 Å². The zero-order chi connectivity index (χ0) is 17.8. The zero-order valence-corrected chi connectivity index (χ0v) is 15.1. The average Bonchev–Trinajstić information content (AvgIpc) is 3.04. The predicted molar refractivity (Wildman–Crippen MR) is 96.9 cm³/mol. The molecule has 0 bridgehead atoms. The first kappa shape index (κ1) is 17.5. The van der Waals surface area contributed by atoms with Crippen molar-refractivity contribution in [3.05, 3.63) is 47.8 Å². The number of carbonyl (C=O) groups is 1. The highest BCUT2D eigenvalue weighted by atomic mass is 16.5. The molecule has 2 heterocycles. The number of para-hydroxylation sites is 1. The number of urea groups is 1. The first-order valence-electron chi connectivity index (χ1n) is 8.78. The van der Waals surface area contributed by atoms with Crippen LogP contribution in [-0.2, 0) is 4.74 Å². The van der Waals surface area contributed by atoms with Gasteiger partial charge in [0.25, 0.3) is 0 Å². The van der Waals surface area contributed by atoms with Crippen molar-refractivity contribution in [2.75, 3.05) is 20.2 Å². The van der Waals surface area contributed by atoms with Crippen LogP contribution in [0.5, 0.6) is 0 Å². The van der Waals surface area contributed by atoms with Gasteiger partial charge >= 0.3 is 6.03 Å². The molecule has 0 unspecified atom stereocenters. The Morgan fingerprint density at radius 3 is 2.84 bits per heavy atom. The van der Waals surface area contributed by atoms with Gasteiger partial charge in [-0.15, -0.1) is 0 Å². The van der Waals surface area contributed by atoms with Crippen LogP contribution in [0.4, 0.5) is 4.79 Å². The van der Waals surface area contributed by atoms with Crippen molar-refractivity contribution in [1.82, 2.24) is 20.0 Å². The summed E-state index contributed by atoms with van der Waals surface area (Å²) in [7, 11) is 1.70. The molecular formula is C19H26N4O2. The number of carbonyl (C=O) groups excluding carboxylic acids is 1. The van der Waals surface area contributed by atoms with Gasteiger partial charge in [-0.3, -0.25) is 0 Å². The predicted octanol–water partition coefficient (Wildman–Crippen LogP) is 3.06. The van der Waals surface area contributed by atoms with Crippen molar-refractivity contribution in [2.24, 2.45) is 0 Å². The van der Waals surface area contributed by atoms with Crippen molar-refractivity contribution in [1.29, 1.82) is 0 Å². The molecule has 134 valence electrons. The number of hydrogen-bond donors (Lipinski definition) is 1. The summed E-state index contributed by atoms with van der Waals surface area (Å²) >= 11 is 0. The minimum absolute atomic E-state index is 0.0406. The van der Waals surface area contributed by atoms with E-state index in [1.807, 2.05) is 60.0 Å². The first-order valence-corrected chi connectivity index (χ1v) is 8.78. The van der Waals surface area contributed by atoms with E-state index < -0.39 is 0 Å². The molecule has 1 aliphatic rings. The Morgan fingerprint density at radius 2 is 2.12 bits per heavy atom. The van der Waals surface area contributed by atoms with Gasteiger partial charge < -0.3 is 15.0 Å². The summed E-state index contributed by atoms with van der Waals surface area (Å²) in [5, 5.41) is 7.58. The molecule has 2 aromatic rings. The second-order valence-electron chi connectivity index (χ2n) is 6.55. The van der Waals surface area contributed by atoms with E-state index in [1.54, 1.807) is 7.11 Å². The van der Waals surface area contributed by atoms with Gasteiger partial charge in [0.15, 0.2) is 0 Å². The number of nitrogens with zero attached hydrogens (tertiary/aromatic N) is 3. The molecule has 1 aliphatic heterocycles. The second-order valence-corrected chi connectivity index (χ2v) is 6.55. The van der Waals surface area contributed by atoms with Crippen molar-refractivity contribution in [2.45, 2.75) is 38.8 Å². The summed E-state index contributed by atoms with van der Waals surface area (Å²) in [6.45, 7) is 5.45. The third kappa shape index (κ3) is 3.85. The maximum Gasteiger partial charge on any atom is 0.317 e. The lowest BCUT2D eigenvalue weighted by molar-refractivity contribution is 0.0431. The lowest BCUT2D eigenvalue weighted by Gasteiger charge is -2.32. The van der Waals surface area contributed by atoms with Gasteiger partial charge in [0.1, 0.15) is 0 Å². The summed E-state index contributed by atoms with van der Waals surface area (Å²) in [5.41, 5.74) is 3.08. The lowest BCUT2D eigenvalue weighted by Crippen LogP contribution is -2.48. The van der Waals surface area contributed by atoms with E-state index in [9.17, 15) is 4.79 Å². The van der Waals surface area contributed by atoms with Crippen molar-refractivity contribution in [3.8, 4) is 5.69 Å². The third-order valence-electron chi connectivity index (χ3n) is 4.85. The number of benzene rings is 1. The van der Waals surface area contributed by atoms with Gasteiger partial charge in [-0.25, -0.2) is 9.48 Å². The second kappa shape index (κ2) is 7.70. The molecular weight excluding hydrogens is 316 g/mol. The standard InChI is InChI=1S/C19H26N4O2/c1-14(21-19(24)22-11-7-10-17(13-22)25-3)18-12-20-23(15(18)2)16-8-5-4-6-9-16/h4-6,8-9,12,14,17H,7,10-11,13H2,1-3H3,(H,21,24)/t14-,17-/m0/s1. The molecule has 0 saturated carbocycles. The van der Waals surface area contributed by atoms with Crippen molar-refractivity contribution in [3.63, 3.8) is 0 Å².